The summed E-state index contributed by atoms with van der Waals surface area (Å²) in [6.45, 7) is -2.97. The summed E-state index contributed by atoms with van der Waals surface area (Å²) in [5, 5.41) is 2.85. The van der Waals surface area contributed by atoms with Crippen molar-refractivity contribution < 1.29 is 35.5 Å². The number of benzene rings is 2. The molecule has 11 heteroatoms. The SMILES string of the molecule is CNCc1cn(S(=O)(=O)c2cccc(OC(F)F)c2)c(-c2ccc(F)cc2F)c1OC. The second-order valence-electron chi connectivity index (χ2n) is 6.34. The van der Waals surface area contributed by atoms with Gasteiger partial charge in [-0.1, -0.05) is 6.07 Å². The van der Waals surface area contributed by atoms with E-state index in [2.05, 4.69) is 10.1 Å². The first-order chi connectivity index (χ1) is 14.7. The minimum Gasteiger partial charge on any atom is -0.494 e. The summed E-state index contributed by atoms with van der Waals surface area (Å²) in [5.74, 6) is -2.14. The molecule has 0 saturated heterocycles. The number of halogens is 4. The molecule has 0 unspecified atom stereocenters. The van der Waals surface area contributed by atoms with Crippen molar-refractivity contribution in [1.82, 2.24) is 9.29 Å². The molecule has 1 aromatic heterocycles. The topological polar surface area (TPSA) is 69.6 Å². The average molecular weight is 458 g/mol. The molecule has 0 aliphatic carbocycles. The Kier molecular flexibility index (Phi) is 6.56. The Bertz CT molecular complexity index is 1200. The van der Waals surface area contributed by atoms with Crippen molar-refractivity contribution in [3.63, 3.8) is 0 Å². The van der Waals surface area contributed by atoms with E-state index in [4.69, 9.17) is 4.74 Å². The van der Waals surface area contributed by atoms with Crippen molar-refractivity contribution in [2.75, 3.05) is 14.2 Å². The molecule has 166 valence electrons. The molecule has 0 atom stereocenters. The Labute approximate surface area is 176 Å². The van der Waals surface area contributed by atoms with E-state index in [1.807, 2.05) is 0 Å². The number of hydrogen-bond donors (Lipinski definition) is 1. The summed E-state index contributed by atoms with van der Waals surface area (Å²) in [6.07, 6.45) is 1.23. The summed E-state index contributed by atoms with van der Waals surface area (Å²) >= 11 is 0. The largest absolute Gasteiger partial charge is 0.494 e. The van der Waals surface area contributed by atoms with Crippen LogP contribution in [0.2, 0.25) is 0 Å². The highest BCUT2D eigenvalue weighted by atomic mass is 32.2. The van der Waals surface area contributed by atoms with Crippen molar-refractivity contribution in [2.24, 2.45) is 0 Å². The normalized spacial score (nSPS) is 11.7. The van der Waals surface area contributed by atoms with E-state index in [-0.39, 0.29) is 34.2 Å². The highest BCUT2D eigenvalue weighted by Gasteiger charge is 2.29. The molecular weight excluding hydrogens is 440 g/mol. The molecule has 2 aromatic carbocycles. The van der Waals surface area contributed by atoms with E-state index in [0.29, 0.717) is 11.6 Å². The third-order valence-corrected chi connectivity index (χ3v) is 6.00. The maximum absolute atomic E-state index is 14.6. The third kappa shape index (κ3) is 4.52. The van der Waals surface area contributed by atoms with E-state index in [1.54, 1.807) is 7.05 Å². The van der Waals surface area contributed by atoms with Crippen LogP contribution < -0.4 is 14.8 Å². The van der Waals surface area contributed by atoms with Crippen molar-refractivity contribution in [3.05, 3.63) is 65.9 Å². The predicted molar refractivity (Wildman–Crippen MR) is 105 cm³/mol. The fourth-order valence-electron chi connectivity index (χ4n) is 3.10. The zero-order valence-electron chi connectivity index (χ0n) is 16.4. The fraction of sp³-hybridized carbons (Fsp3) is 0.200. The number of rotatable bonds is 8. The Balaban J connectivity index is 2.27. The van der Waals surface area contributed by atoms with Gasteiger partial charge in [0.1, 0.15) is 28.8 Å². The van der Waals surface area contributed by atoms with Gasteiger partial charge in [0.05, 0.1) is 12.0 Å². The summed E-state index contributed by atoms with van der Waals surface area (Å²) in [4.78, 5) is -0.372. The van der Waals surface area contributed by atoms with Crippen molar-refractivity contribution in [2.45, 2.75) is 18.1 Å². The Morgan fingerprint density at radius 3 is 2.48 bits per heavy atom. The number of ether oxygens (including phenoxy) is 2. The number of hydrogen-bond acceptors (Lipinski definition) is 5. The molecule has 0 fully saturated rings. The number of methoxy groups -OCH3 is 1. The molecule has 0 aliphatic rings. The van der Waals surface area contributed by atoms with E-state index >= 15 is 0 Å². The summed E-state index contributed by atoms with van der Waals surface area (Å²) < 4.78 is 90.3. The van der Waals surface area contributed by atoms with Gasteiger partial charge >= 0.3 is 6.61 Å². The van der Waals surface area contributed by atoms with Gasteiger partial charge in [-0.3, -0.25) is 0 Å². The van der Waals surface area contributed by atoms with Crippen LogP contribution in [0, 0.1) is 11.6 Å². The molecular formula is C20H18F4N2O4S. The minimum atomic E-state index is -4.41. The van der Waals surface area contributed by atoms with Crippen LogP contribution in [0.1, 0.15) is 5.56 Å². The summed E-state index contributed by atoms with van der Waals surface area (Å²) in [5.41, 5.74) is -0.0121. The van der Waals surface area contributed by atoms with Crippen molar-refractivity contribution >= 4 is 10.0 Å². The van der Waals surface area contributed by atoms with Crippen molar-refractivity contribution in [3.8, 4) is 22.8 Å². The molecule has 0 spiro atoms. The highest BCUT2D eigenvalue weighted by Crippen LogP contribution is 2.39. The van der Waals surface area contributed by atoms with Gasteiger partial charge in [-0.2, -0.15) is 8.78 Å². The van der Waals surface area contributed by atoms with Crippen LogP contribution in [0.25, 0.3) is 11.3 Å². The van der Waals surface area contributed by atoms with Crippen molar-refractivity contribution in [1.29, 1.82) is 0 Å². The zero-order chi connectivity index (χ0) is 22.8. The lowest BCUT2D eigenvalue weighted by molar-refractivity contribution is -0.0499. The van der Waals surface area contributed by atoms with Crippen LogP contribution in [0.3, 0.4) is 0 Å². The van der Waals surface area contributed by atoms with Gasteiger partial charge in [0.25, 0.3) is 10.0 Å². The molecule has 3 aromatic rings. The quantitative estimate of drug-likeness (QED) is 0.517. The summed E-state index contributed by atoms with van der Waals surface area (Å²) in [7, 11) is -1.50. The van der Waals surface area contributed by atoms with Crippen LogP contribution >= 0.6 is 0 Å². The molecule has 0 saturated carbocycles. The monoisotopic (exact) mass is 458 g/mol. The minimum absolute atomic E-state index is 0.0587. The first-order valence-electron chi connectivity index (χ1n) is 8.87. The van der Waals surface area contributed by atoms with E-state index in [0.717, 1.165) is 22.2 Å². The zero-order valence-corrected chi connectivity index (χ0v) is 17.2. The van der Waals surface area contributed by atoms with Crippen LogP contribution in [0.4, 0.5) is 17.6 Å². The average Bonchev–Trinajstić information content (AvgIpc) is 3.07. The van der Waals surface area contributed by atoms with Crippen LogP contribution in [0.15, 0.2) is 53.6 Å². The molecule has 1 heterocycles. The first kappa shape index (κ1) is 22.6. The second-order valence-corrected chi connectivity index (χ2v) is 8.16. The second kappa shape index (κ2) is 8.98. The lowest BCUT2D eigenvalue weighted by Crippen LogP contribution is -2.14. The maximum Gasteiger partial charge on any atom is 0.387 e. The fourth-order valence-corrected chi connectivity index (χ4v) is 4.53. The van der Waals surface area contributed by atoms with E-state index < -0.39 is 28.3 Å². The van der Waals surface area contributed by atoms with Crippen LogP contribution in [-0.4, -0.2) is 33.2 Å². The molecule has 31 heavy (non-hydrogen) atoms. The lowest BCUT2D eigenvalue weighted by atomic mass is 10.1. The van der Waals surface area contributed by atoms with Gasteiger partial charge in [-0.15, -0.1) is 0 Å². The molecule has 0 radical (unpaired) electrons. The number of alkyl halides is 2. The number of aromatic nitrogens is 1. The Hall–Kier alpha value is -3.05. The van der Waals surface area contributed by atoms with Gasteiger partial charge in [0, 0.05) is 36.0 Å². The maximum atomic E-state index is 14.6. The first-order valence-corrected chi connectivity index (χ1v) is 10.3. The molecule has 3 rings (SSSR count). The highest BCUT2D eigenvalue weighted by molar-refractivity contribution is 7.90. The molecule has 0 aliphatic heterocycles. The van der Waals surface area contributed by atoms with E-state index in [1.165, 1.54) is 31.5 Å². The number of nitrogens with zero attached hydrogens (tertiary/aromatic N) is 1. The lowest BCUT2D eigenvalue weighted by Gasteiger charge is -2.14. The summed E-state index contributed by atoms with van der Waals surface area (Å²) in [6, 6.07) is 7.21. The molecule has 1 N–H and O–H groups in total. The predicted octanol–water partition coefficient (Wildman–Crippen LogP) is 4.00. The smallest absolute Gasteiger partial charge is 0.387 e. The van der Waals surface area contributed by atoms with Crippen LogP contribution in [-0.2, 0) is 16.6 Å². The Morgan fingerprint density at radius 1 is 1.13 bits per heavy atom. The third-order valence-electron chi connectivity index (χ3n) is 4.35. The van der Waals surface area contributed by atoms with Gasteiger partial charge in [-0.05, 0) is 31.3 Å². The van der Waals surface area contributed by atoms with Gasteiger partial charge in [-0.25, -0.2) is 21.2 Å². The molecule has 0 amide bonds. The van der Waals surface area contributed by atoms with Gasteiger partial charge in [0.15, 0.2) is 0 Å². The molecule has 6 nitrogen and oxygen atoms in total. The van der Waals surface area contributed by atoms with E-state index in [9.17, 15) is 26.0 Å². The number of nitrogens with one attached hydrogen (secondary N) is 1. The van der Waals surface area contributed by atoms with Crippen LogP contribution in [0.5, 0.6) is 11.5 Å². The standard InChI is InChI=1S/C20H18F4N2O4S/c1-25-10-12-11-26(18(19(12)29-2)16-7-6-13(21)8-17(16)22)31(27,28)15-5-3-4-14(9-15)30-20(23)24/h3-9,11,20,25H,10H2,1-2H3. The van der Waals surface area contributed by atoms with Gasteiger partial charge < -0.3 is 14.8 Å². The Morgan fingerprint density at radius 2 is 1.87 bits per heavy atom. The molecule has 0 bridgehead atoms. The van der Waals surface area contributed by atoms with Gasteiger partial charge in [0.2, 0.25) is 0 Å².